The minimum absolute atomic E-state index is 1.01. The lowest BCUT2D eigenvalue weighted by atomic mass is 9.85. The van der Waals surface area contributed by atoms with Crippen LogP contribution in [0.4, 0.5) is 0 Å². The van der Waals surface area contributed by atoms with E-state index in [2.05, 4.69) is 37.3 Å². The summed E-state index contributed by atoms with van der Waals surface area (Å²) in [6, 6.07) is 10.8. The van der Waals surface area contributed by atoms with Crippen LogP contribution in [0.1, 0.15) is 22.6 Å². The number of rotatable bonds is 0. The Bertz CT molecular complexity index is 643. The summed E-state index contributed by atoms with van der Waals surface area (Å²) in [5.41, 5.74) is 5.54. The smallest absolute Gasteiger partial charge is 0.222 e. The topological polar surface area (TPSA) is 104 Å². The minimum Gasteiger partial charge on any atom is -0.222 e. The zero-order valence-electron chi connectivity index (χ0n) is 11.7. The highest BCUT2D eigenvalue weighted by atomic mass is 35.7. The fourth-order valence-electron chi connectivity index (χ4n) is 2.68. The van der Waals surface area contributed by atoms with Gasteiger partial charge in [-0.05, 0) is 29.5 Å². The highest BCUT2D eigenvalue weighted by Gasteiger charge is 2.24. The molecule has 0 saturated heterocycles. The van der Waals surface area contributed by atoms with Gasteiger partial charge in [-0.1, -0.05) is 24.3 Å². The molecule has 1 aliphatic rings. The number of hydrogen-bond acceptors (Lipinski definition) is 4. The van der Waals surface area contributed by atoms with Crippen molar-refractivity contribution in [3.63, 3.8) is 0 Å². The maximum Gasteiger partial charge on any atom is 0.334 e. The summed E-state index contributed by atoms with van der Waals surface area (Å²) in [5, 5.41) is 0. The average Bonchev–Trinajstić information content (AvgIpc) is 2.35. The van der Waals surface area contributed by atoms with Gasteiger partial charge in [-0.2, -0.15) is 0 Å². The molecule has 2 aromatic rings. The lowest BCUT2D eigenvalue weighted by Gasteiger charge is -2.17. The molecular weight excluding hydrogens is 296 g/mol. The van der Waals surface area contributed by atoms with Gasteiger partial charge in [0, 0.05) is 6.07 Å². The van der Waals surface area contributed by atoms with E-state index in [0.29, 0.717) is 0 Å². The van der Waals surface area contributed by atoms with Crippen LogP contribution in [-0.2, 0) is 12.8 Å². The monoisotopic (exact) mass is 310 g/mol. The summed E-state index contributed by atoms with van der Waals surface area (Å²) in [6.45, 7) is 4.09. The fraction of sp³-hybridized carbons (Fsp3) is 0.267. The second kappa shape index (κ2) is 6.09. The lowest BCUT2D eigenvalue weighted by molar-refractivity contribution is -2.00. The summed E-state index contributed by atoms with van der Waals surface area (Å²) < 4.78 is 39.7. The molecular formula is C15H15ClO5. The number of aryl methyl sites for hydroxylation is 4. The predicted octanol–water partition coefficient (Wildman–Crippen LogP) is -0.813. The highest BCUT2D eigenvalue weighted by molar-refractivity contribution is 5.74. The molecule has 112 valence electrons. The van der Waals surface area contributed by atoms with Crippen molar-refractivity contribution in [2.24, 2.45) is 0 Å². The molecule has 0 radical (unpaired) electrons. The first kappa shape index (κ1) is 15.9. The quantitative estimate of drug-likeness (QED) is 0.592. The first-order valence-corrected chi connectivity index (χ1v) is 7.62. The summed E-state index contributed by atoms with van der Waals surface area (Å²) in [5.74, 6) is 2.05. The van der Waals surface area contributed by atoms with Crippen molar-refractivity contribution in [2.75, 3.05) is 0 Å². The van der Waals surface area contributed by atoms with E-state index in [-0.39, 0.29) is 0 Å². The third-order valence-corrected chi connectivity index (χ3v) is 3.32. The van der Waals surface area contributed by atoms with Gasteiger partial charge < -0.3 is 0 Å². The van der Waals surface area contributed by atoms with Crippen molar-refractivity contribution in [3.05, 3.63) is 53.0 Å². The normalized spacial score (nSPS) is 12.9. The zero-order chi connectivity index (χ0) is 15.6. The van der Waals surface area contributed by atoms with E-state index < -0.39 is 10.2 Å². The van der Waals surface area contributed by atoms with Gasteiger partial charge in [0.15, 0.2) is 0 Å². The van der Waals surface area contributed by atoms with Crippen LogP contribution < -0.4 is 18.6 Å². The van der Waals surface area contributed by atoms with E-state index in [0.717, 1.165) is 24.4 Å². The van der Waals surface area contributed by atoms with Crippen molar-refractivity contribution < 1.29 is 33.3 Å². The Hall–Kier alpha value is -1.50. The zero-order valence-corrected chi connectivity index (χ0v) is 12.5. The van der Waals surface area contributed by atoms with Crippen molar-refractivity contribution in [3.8, 4) is 11.1 Å². The van der Waals surface area contributed by atoms with Crippen molar-refractivity contribution in [1.29, 1.82) is 0 Å². The molecule has 3 rings (SSSR count). The molecule has 1 aliphatic carbocycles. The third-order valence-electron chi connectivity index (χ3n) is 3.32. The number of fused-ring (bicyclic) bond motifs is 3. The van der Waals surface area contributed by atoms with Crippen LogP contribution in [-0.4, -0.2) is 0 Å². The number of benzene rings is 1. The summed E-state index contributed by atoms with van der Waals surface area (Å²) in [4.78, 5) is 0. The van der Waals surface area contributed by atoms with E-state index >= 15 is 0 Å². The fourth-order valence-corrected chi connectivity index (χ4v) is 2.68. The Morgan fingerprint density at radius 2 is 1.52 bits per heavy atom. The Morgan fingerprint density at radius 3 is 2.19 bits per heavy atom. The van der Waals surface area contributed by atoms with Gasteiger partial charge in [-0.25, -0.2) is 23.1 Å². The molecule has 0 aliphatic heterocycles. The molecule has 0 atom stereocenters. The largest absolute Gasteiger partial charge is 0.334 e. The Labute approximate surface area is 124 Å². The molecule has 0 fully saturated rings. The van der Waals surface area contributed by atoms with E-state index in [1.807, 2.05) is 6.92 Å². The molecule has 5 nitrogen and oxygen atoms in total. The Kier molecular flexibility index (Phi) is 4.61. The first-order chi connectivity index (χ1) is 9.75. The molecule has 0 amide bonds. The van der Waals surface area contributed by atoms with Crippen LogP contribution in [0.25, 0.3) is 11.1 Å². The molecule has 0 spiro atoms. The maximum absolute atomic E-state index is 8.49. The van der Waals surface area contributed by atoms with Gasteiger partial charge in [0.05, 0.1) is 19.4 Å². The molecule has 0 unspecified atom stereocenters. The second-order valence-corrected chi connectivity index (χ2v) is 5.60. The van der Waals surface area contributed by atoms with E-state index in [1.165, 1.54) is 22.3 Å². The molecule has 0 saturated carbocycles. The maximum atomic E-state index is 8.49. The Balaban J connectivity index is 0.000000282. The van der Waals surface area contributed by atoms with E-state index in [4.69, 9.17) is 23.1 Å². The summed E-state index contributed by atoms with van der Waals surface area (Å²) in [6.07, 6.45) is 2.27. The molecule has 1 aromatic carbocycles. The minimum atomic E-state index is -4.94. The summed E-state index contributed by atoms with van der Waals surface area (Å²) >= 11 is 0. The van der Waals surface area contributed by atoms with Gasteiger partial charge in [0.2, 0.25) is 0 Å². The Morgan fingerprint density at radius 1 is 0.952 bits per heavy atom. The molecule has 21 heavy (non-hydrogen) atoms. The number of hydrogen-bond donors (Lipinski definition) is 0. The lowest BCUT2D eigenvalue weighted by Crippen LogP contribution is -2.68. The van der Waals surface area contributed by atoms with Crippen molar-refractivity contribution in [2.45, 2.75) is 26.7 Å². The van der Waals surface area contributed by atoms with E-state index in [1.54, 1.807) is 0 Å². The molecule has 1 heterocycles. The van der Waals surface area contributed by atoms with Gasteiger partial charge in [0.1, 0.15) is 0 Å². The van der Waals surface area contributed by atoms with Gasteiger partial charge in [-0.3, -0.25) is 0 Å². The molecule has 0 N–H and O–H groups in total. The molecule has 0 bridgehead atoms. The van der Waals surface area contributed by atoms with Crippen LogP contribution in [0, 0.1) is 24.1 Å². The van der Waals surface area contributed by atoms with Crippen LogP contribution in [0.15, 0.2) is 34.7 Å². The predicted molar refractivity (Wildman–Crippen MR) is 65.4 cm³/mol. The second-order valence-electron chi connectivity index (χ2n) is 4.85. The summed E-state index contributed by atoms with van der Waals surface area (Å²) in [7, 11) is -4.94. The van der Waals surface area contributed by atoms with Gasteiger partial charge in [0.25, 0.3) is 0 Å². The third kappa shape index (κ3) is 4.23. The molecule has 1 aromatic heterocycles. The highest BCUT2D eigenvalue weighted by Crippen LogP contribution is 2.36. The van der Waals surface area contributed by atoms with Gasteiger partial charge >= 0.3 is 11.5 Å². The van der Waals surface area contributed by atoms with Crippen molar-refractivity contribution >= 4 is 0 Å². The van der Waals surface area contributed by atoms with Crippen molar-refractivity contribution in [1.82, 2.24) is 0 Å². The first-order valence-electron chi connectivity index (χ1n) is 6.39. The standard InChI is InChI=1S/C15H15O.ClHO4/c1-10-9-13-8-7-12-5-3-4-6-14(12)15(13)11(2)16-10;2-1(3,4)5/h3-6,9H,7-8H2,1-2H3;(H,2,3,4,5)/q+1;/p-1. The van der Waals surface area contributed by atoms with Crippen LogP contribution in [0.2, 0.25) is 0 Å². The van der Waals surface area contributed by atoms with Crippen LogP contribution >= 0.6 is 0 Å². The SMILES string of the molecule is Cc1cc2c(c(C)[o+]1)-c1ccccc1CC2.[O-][Cl+3]([O-])([O-])[O-]. The molecule has 6 heteroatoms. The van der Waals surface area contributed by atoms with Crippen LogP contribution in [0.5, 0.6) is 0 Å². The number of halogens is 1. The van der Waals surface area contributed by atoms with E-state index in [9.17, 15) is 0 Å². The van der Waals surface area contributed by atoms with Crippen LogP contribution in [0.3, 0.4) is 0 Å². The van der Waals surface area contributed by atoms with Gasteiger partial charge in [-0.15, -0.1) is 10.2 Å². The average molecular weight is 311 g/mol.